The Morgan fingerprint density at radius 1 is 0.929 bits per heavy atom. The molecule has 0 N–H and O–H groups in total. The van der Waals surface area contributed by atoms with Crippen molar-refractivity contribution in [2.75, 3.05) is 6.54 Å². The van der Waals surface area contributed by atoms with E-state index >= 15 is 0 Å². The fourth-order valence-corrected chi connectivity index (χ4v) is 2.91. The molecule has 2 fully saturated rings. The van der Waals surface area contributed by atoms with Crippen LogP contribution in [0.15, 0.2) is 0 Å². The number of nitrogens with zero attached hydrogens (tertiary/aromatic N) is 1. The van der Waals surface area contributed by atoms with Crippen molar-refractivity contribution in [2.24, 2.45) is 5.92 Å². The molecule has 2 heterocycles. The van der Waals surface area contributed by atoms with Gasteiger partial charge in [-0.05, 0) is 38.5 Å². The number of hydrogen-bond acceptors (Lipinski definition) is 1. The van der Waals surface area contributed by atoms with E-state index in [-0.39, 0.29) is 0 Å². The average Bonchev–Trinajstić information content (AvgIpc) is 2.22. The van der Waals surface area contributed by atoms with Crippen molar-refractivity contribution in [3.05, 3.63) is 0 Å². The van der Waals surface area contributed by atoms with E-state index in [1.807, 2.05) is 13.8 Å². The summed E-state index contributed by atoms with van der Waals surface area (Å²) in [5.74, 6) is 0.946. The third-order valence-corrected chi connectivity index (χ3v) is 3.71. The van der Waals surface area contributed by atoms with E-state index < -0.39 is 0 Å². The Morgan fingerprint density at radius 3 is 2.36 bits per heavy atom. The largest absolute Gasteiger partial charge is 0.297 e. The lowest BCUT2D eigenvalue weighted by atomic mass is 9.86. The van der Waals surface area contributed by atoms with Crippen LogP contribution in [0.1, 0.15) is 59.8 Å². The van der Waals surface area contributed by atoms with Gasteiger partial charge in [0.1, 0.15) is 0 Å². The molecule has 1 nitrogen and oxygen atoms in total. The Balaban J connectivity index is 0.000000461. The highest BCUT2D eigenvalue weighted by Crippen LogP contribution is 2.31. The van der Waals surface area contributed by atoms with E-state index in [4.69, 9.17) is 0 Å². The molecular weight excluding hydrogens is 170 g/mol. The van der Waals surface area contributed by atoms with Gasteiger partial charge < -0.3 is 0 Å². The molecule has 1 heteroatoms. The van der Waals surface area contributed by atoms with Gasteiger partial charge in [0, 0.05) is 18.6 Å². The maximum atomic E-state index is 2.76. The third-order valence-electron chi connectivity index (χ3n) is 3.71. The van der Waals surface area contributed by atoms with Gasteiger partial charge in [-0.15, -0.1) is 0 Å². The van der Waals surface area contributed by atoms with E-state index in [1.165, 1.54) is 38.6 Å². The molecular formula is C13H27N. The zero-order valence-electron chi connectivity index (χ0n) is 10.4. The minimum Gasteiger partial charge on any atom is -0.297 e. The number of piperidine rings is 2. The summed E-state index contributed by atoms with van der Waals surface area (Å²) in [6.45, 7) is 10.2. The lowest BCUT2D eigenvalue weighted by Crippen LogP contribution is -2.50. The van der Waals surface area contributed by atoms with Crippen LogP contribution in [-0.2, 0) is 0 Å². The Labute approximate surface area is 89.9 Å². The van der Waals surface area contributed by atoms with Crippen molar-refractivity contribution in [3.63, 3.8) is 0 Å². The SMILES string of the molecule is CC.CC1CCC2CCCC(C)N2C1. The normalized spacial score (nSPS) is 38.1. The summed E-state index contributed by atoms with van der Waals surface area (Å²) in [7, 11) is 0. The number of hydrogen-bond donors (Lipinski definition) is 0. The van der Waals surface area contributed by atoms with E-state index in [0.29, 0.717) is 0 Å². The molecule has 0 aromatic heterocycles. The Hall–Kier alpha value is -0.0400. The van der Waals surface area contributed by atoms with Crippen LogP contribution in [-0.4, -0.2) is 23.5 Å². The maximum absolute atomic E-state index is 2.76. The van der Waals surface area contributed by atoms with Crippen molar-refractivity contribution in [3.8, 4) is 0 Å². The van der Waals surface area contributed by atoms with E-state index in [2.05, 4.69) is 18.7 Å². The summed E-state index contributed by atoms with van der Waals surface area (Å²) in [5, 5.41) is 0. The molecule has 0 aliphatic carbocycles. The van der Waals surface area contributed by atoms with Gasteiger partial charge in [0.05, 0.1) is 0 Å². The summed E-state index contributed by atoms with van der Waals surface area (Å²) in [6, 6.07) is 1.82. The fourth-order valence-electron chi connectivity index (χ4n) is 2.91. The maximum Gasteiger partial charge on any atom is 0.00983 e. The van der Waals surface area contributed by atoms with E-state index in [0.717, 1.165) is 18.0 Å². The molecule has 0 amide bonds. The molecule has 0 bridgehead atoms. The van der Waals surface area contributed by atoms with Crippen molar-refractivity contribution >= 4 is 0 Å². The first-order chi connectivity index (χ1) is 6.77. The molecule has 2 aliphatic heterocycles. The van der Waals surface area contributed by atoms with Gasteiger partial charge in [-0.1, -0.05) is 27.2 Å². The standard InChI is InChI=1S/C11H21N.C2H6/c1-9-6-7-11-5-3-4-10(2)12(11)8-9;1-2/h9-11H,3-8H2,1-2H3;1-2H3. The average molecular weight is 197 g/mol. The predicted molar refractivity (Wildman–Crippen MR) is 63.6 cm³/mol. The second kappa shape index (κ2) is 5.75. The van der Waals surface area contributed by atoms with Gasteiger partial charge in [-0.25, -0.2) is 0 Å². The first-order valence-corrected chi connectivity index (χ1v) is 6.53. The first-order valence-electron chi connectivity index (χ1n) is 6.53. The van der Waals surface area contributed by atoms with Gasteiger partial charge in [-0.2, -0.15) is 0 Å². The van der Waals surface area contributed by atoms with Crippen LogP contribution in [0.5, 0.6) is 0 Å². The van der Waals surface area contributed by atoms with E-state index in [1.54, 1.807) is 0 Å². The van der Waals surface area contributed by atoms with Crippen LogP contribution in [0.25, 0.3) is 0 Å². The molecule has 0 saturated carbocycles. The van der Waals surface area contributed by atoms with Crippen LogP contribution in [0, 0.1) is 5.92 Å². The van der Waals surface area contributed by atoms with Crippen LogP contribution < -0.4 is 0 Å². The van der Waals surface area contributed by atoms with Crippen molar-refractivity contribution in [1.82, 2.24) is 4.90 Å². The first kappa shape index (κ1) is 12.0. The van der Waals surface area contributed by atoms with Gasteiger partial charge in [0.2, 0.25) is 0 Å². The molecule has 3 unspecified atom stereocenters. The van der Waals surface area contributed by atoms with Crippen LogP contribution in [0.3, 0.4) is 0 Å². The van der Waals surface area contributed by atoms with Crippen LogP contribution in [0.2, 0.25) is 0 Å². The topological polar surface area (TPSA) is 3.24 Å². The minimum atomic E-state index is 0.867. The fraction of sp³-hybridized carbons (Fsp3) is 1.00. The molecule has 3 atom stereocenters. The third kappa shape index (κ3) is 2.73. The number of rotatable bonds is 0. The molecule has 0 spiro atoms. The molecule has 0 aromatic rings. The number of fused-ring (bicyclic) bond motifs is 1. The van der Waals surface area contributed by atoms with Crippen molar-refractivity contribution in [2.45, 2.75) is 71.9 Å². The monoisotopic (exact) mass is 197 g/mol. The van der Waals surface area contributed by atoms with Gasteiger partial charge in [-0.3, -0.25) is 4.90 Å². The Bertz CT molecular complexity index is 155. The molecule has 14 heavy (non-hydrogen) atoms. The van der Waals surface area contributed by atoms with Gasteiger partial charge in [0.25, 0.3) is 0 Å². The lowest BCUT2D eigenvalue weighted by Gasteiger charge is -2.45. The van der Waals surface area contributed by atoms with Crippen molar-refractivity contribution < 1.29 is 0 Å². The highest BCUT2D eigenvalue weighted by atomic mass is 15.2. The zero-order chi connectivity index (χ0) is 10.6. The molecule has 0 aromatic carbocycles. The second-order valence-corrected chi connectivity index (χ2v) is 4.81. The summed E-state index contributed by atoms with van der Waals surface area (Å²) in [4.78, 5) is 2.76. The quantitative estimate of drug-likeness (QED) is 0.572. The van der Waals surface area contributed by atoms with Crippen LogP contribution >= 0.6 is 0 Å². The molecule has 84 valence electrons. The van der Waals surface area contributed by atoms with Gasteiger partial charge in [0.15, 0.2) is 0 Å². The summed E-state index contributed by atoms with van der Waals surface area (Å²) in [6.07, 6.45) is 7.30. The van der Waals surface area contributed by atoms with Crippen LogP contribution in [0.4, 0.5) is 0 Å². The molecule has 2 aliphatic rings. The van der Waals surface area contributed by atoms with Crippen molar-refractivity contribution in [1.29, 1.82) is 0 Å². The molecule has 0 radical (unpaired) electrons. The predicted octanol–water partition coefficient (Wildman–Crippen LogP) is 3.69. The smallest absolute Gasteiger partial charge is 0.00983 e. The second-order valence-electron chi connectivity index (χ2n) is 4.81. The Kier molecular flexibility index (Phi) is 4.94. The van der Waals surface area contributed by atoms with Gasteiger partial charge >= 0.3 is 0 Å². The zero-order valence-corrected chi connectivity index (χ0v) is 10.4. The lowest BCUT2D eigenvalue weighted by molar-refractivity contribution is 0.0386. The minimum absolute atomic E-state index is 0.867. The van der Waals surface area contributed by atoms with E-state index in [9.17, 15) is 0 Å². The summed E-state index contributed by atoms with van der Waals surface area (Å²) in [5.41, 5.74) is 0. The Morgan fingerprint density at radius 2 is 1.64 bits per heavy atom. The highest BCUT2D eigenvalue weighted by molar-refractivity contribution is 4.86. The highest BCUT2D eigenvalue weighted by Gasteiger charge is 2.31. The summed E-state index contributed by atoms with van der Waals surface area (Å²) < 4.78 is 0. The summed E-state index contributed by atoms with van der Waals surface area (Å²) >= 11 is 0. The molecule has 2 saturated heterocycles. The molecule has 2 rings (SSSR count).